The van der Waals surface area contributed by atoms with Crippen molar-refractivity contribution in [2.24, 2.45) is 4.99 Å². The molecule has 8 nitrogen and oxygen atoms in total. The van der Waals surface area contributed by atoms with Gasteiger partial charge in [-0.25, -0.2) is 14.4 Å². The van der Waals surface area contributed by atoms with Crippen LogP contribution in [0, 0.1) is 6.92 Å². The third-order valence-corrected chi connectivity index (χ3v) is 5.07. The maximum Gasteiger partial charge on any atom is 0.222 e. The molecule has 0 spiro atoms. The van der Waals surface area contributed by atoms with Crippen LogP contribution in [0.4, 0.5) is 15.9 Å². The van der Waals surface area contributed by atoms with Crippen molar-refractivity contribution in [3.63, 3.8) is 0 Å². The summed E-state index contributed by atoms with van der Waals surface area (Å²) < 4.78 is 20.2. The number of aliphatic imine (C=N–C) groups is 1. The van der Waals surface area contributed by atoms with Gasteiger partial charge in [-0.3, -0.25) is 9.79 Å². The molecule has 36 heavy (non-hydrogen) atoms. The zero-order valence-electron chi connectivity index (χ0n) is 22.9. The Morgan fingerprint density at radius 2 is 1.92 bits per heavy atom. The van der Waals surface area contributed by atoms with Crippen LogP contribution in [0.2, 0.25) is 0 Å². The summed E-state index contributed by atoms with van der Waals surface area (Å²) in [6.07, 6.45) is 5.49. The van der Waals surface area contributed by atoms with E-state index in [9.17, 15) is 9.18 Å². The Balaban J connectivity index is 0.00000205. The number of pyridine rings is 1. The van der Waals surface area contributed by atoms with E-state index in [4.69, 9.17) is 4.74 Å². The molecule has 0 fully saturated rings. The van der Waals surface area contributed by atoms with Crippen LogP contribution in [0.15, 0.2) is 47.6 Å². The molecule has 2 aromatic heterocycles. The van der Waals surface area contributed by atoms with Crippen LogP contribution >= 0.6 is 0 Å². The smallest absolute Gasteiger partial charge is 0.222 e. The summed E-state index contributed by atoms with van der Waals surface area (Å²) in [7, 11) is 1.53. The summed E-state index contributed by atoms with van der Waals surface area (Å²) >= 11 is 0. The number of halogens is 1. The number of ether oxygens (including phenoxy) is 1. The second-order valence-corrected chi connectivity index (χ2v) is 8.75. The highest BCUT2D eigenvalue weighted by molar-refractivity contribution is 6.06. The van der Waals surface area contributed by atoms with E-state index in [2.05, 4.69) is 37.2 Å². The lowest BCUT2D eigenvalue weighted by molar-refractivity contribution is -0.114. The molecule has 2 N–H and O–H groups in total. The Hall–Kier alpha value is -3.62. The third kappa shape index (κ3) is 9.56. The Morgan fingerprint density at radius 3 is 2.44 bits per heavy atom. The van der Waals surface area contributed by atoms with Gasteiger partial charge in [0.1, 0.15) is 17.3 Å². The summed E-state index contributed by atoms with van der Waals surface area (Å²) in [5.41, 5.74) is 1.38. The average molecular weight is 499 g/mol. The van der Waals surface area contributed by atoms with Crippen molar-refractivity contribution in [3.8, 4) is 17.3 Å². The van der Waals surface area contributed by atoms with Crippen molar-refractivity contribution in [1.29, 1.82) is 0 Å². The highest BCUT2D eigenvalue weighted by Crippen LogP contribution is 2.29. The monoisotopic (exact) mass is 498 g/mol. The molecular formula is C27H39FN6O2. The molecule has 2 heterocycles. The summed E-state index contributed by atoms with van der Waals surface area (Å²) in [5.74, 6) is 1.38. The fourth-order valence-corrected chi connectivity index (χ4v) is 2.91. The molecule has 196 valence electrons. The summed E-state index contributed by atoms with van der Waals surface area (Å²) in [6, 6.07) is 2.80. The van der Waals surface area contributed by atoms with Gasteiger partial charge < -0.3 is 15.4 Å². The highest BCUT2D eigenvalue weighted by atomic mass is 19.1. The van der Waals surface area contributed by atoms with Crippen molar-refractivity contribution in [1.82, 2.24) is 15.0 Å². The molecule has 0 aliphatic carbocycles. The SMILES string of the molecule is C=CC.CCC(C)(F)C(C)N=C(C=C(C)C)Nc1cc(NC(C)=O)ncc1-c1nc(C)cc(OC)n1. The number of amides is 1. The fraction of sp³-hybridized carbons (Fsp3) is 0.444. The number of carbonyl (C=O) groups excluding carboxylic acids is 1. The minimum absolute atomic E-state index is 0.252. The van der Waals surface area contributed by atoms with Crippen LogP contribution in [-0.4, -0.2) is 45.5 Å². The first-order chi connectivity index (χ1) is 16.9. The molecule has 2 atom stereocenters. The number of amidine groups is 1. The Kier molecular flexibility index (Phi) is 11.9. The van der Waals surface area contributed by atoms with Crippen LogP contribution in [-0.2, 0) is 4.79 Å². The number of hydrogen-bond donors (Lipinski definition) is 2. The van der Waals surface area contributed by atoms with Crippen molar-refractivity contribution in [2.75, 3.05) is 17.7 Å². The number of rotatable bonds is 8. The minimum atomic E-state index is -1.46. The molecule has 2 aromatic rings. The van der Waals surface area contributed by atoms with E-state index < -0.39 is 11.7 Å². The predicted octanol–water partition coefficient (Wildman–Crippen LogP) is 6.31. The Labute approximate surface area is 214 Å². The predicted molar refractivity (Wildman–Crippen MR) is 146 cm³/mol. The molecule has 0 aliphatic heterocycles. The van der Waals surface area contributed by atoms with Crippen molar-refractivity contribution < 1.29 is 13.9 Å². The first-order valence-corrected chi connectivity index (χ1v) is 11.8. The normalized spacial score (nSPS) is 13.3. The molecule has 0 aliphatic rings. The van der Waals surface area contributed by atoms with Gasteiger partial charge in [0.2, 0.25) is 11.8 Å². The topological polar surface area (TPSA) is 101 Å². The van der Waals surface area contributed by atoms with Crippen molar-refractivity contribution >= 4 is 23.2 Å². The van der Waals surface area contributed by atoms with Gasteiger partial charge >= 0.3 is 0 Å². The Bertz CT molecular complexity index is 1110. The van der Waals surface area contributed by atoms with E-state index in [0.717, 1.165) is 11.3 Å². The van der Waals surface area contributed by atoms with Gasteiger partial charge in [0.05, 0.1) is 24.4 Å². The molecule has 0 saturated carbocycles. The number of anilines is 2. The number of carbonyl (C=O) groups is 1. The molecular weight excluding hydrogens is 459 g/mol. The Morgan fingerprint density at radius 1 is 1.28 bits per heavy atom. The number of nitrogens with zero attached hydrogens (tertiary/aromatic N) is 4. The van der Waals surface area contributed by atoms with Gasteiger partial charge in [0.25, 0.3) is 0 Å². The maximum absolute atomic E-state index is 14.9. The number of hydrogen-bond acceptors (Lipinski definition) is 6. The molecule has 2 unspecified atom stereocenters. The lowest BCUT2D eigenvalue weighted by Crippen LogP contribution is -2.31. The van der Waals surface area contributed by atoms with E-state index in [-0.39, 0.29) is 5.91 Å². The maximum atomic E-state index is 14.9. The first-order valence-electron chi connectivity index (χ1n) is 11.8. The highest BCUT2D eigenvalue weighted by Gasteiger charge is 2.28. The fourth-order valence-electron chi connectivity index (χ4n) is 2.91. The lowest BCUT2D eigenvalue weighted by atomic mass is 9.97. The largest absolute Gasteiger partial charge is 0.481 e. The van der Waals surface area contributed by atoms with Gasteiger partial charge in [0.15, 0.2) is 5.82 Å². The summed E-state index contributed by atoms with van der Waals surface area (Å²) in [5, 5.41) is 5.95. The molecule has 0 radical (unpaired) electrons. The number of methoxy groups -OCH3 is 1. The van der Waals surface area contributed by atoms with Crippen LogP contribution in [0.3, 0.4) is 0 Å². The van der Waals surface area contributed by atoms with E-state index in [1.165, 1.54) is 14.0 Å². The average Bonchev–Trinajstić information content (AvgIpc) is 2.78. The first kappa shape index (κ1) is 30.4. The molecule has 0 bridgehead atoms. The van der Waals surface area contributed by atoms with Crippen LogP contribution < -0.4 is 15.4 Å². The molecule has 0 aromatic carbocycles. The zero-order chi connectivity index (χ0) is 27.5. The second-order valence-electron chi connectivity index (χ2n) is 8.75. The van der Waals surface area contributed by atoms with Gasteiger partial charge in [-0.2, -0.15) is 4.98 Å². The molecule has 1 amide bonds. The molecule has 0 saturated heterocycles. The zero-order valence-corrected chi connectivity index (χ0v) is 22.9. The molecule has 2 rings (SSSR count). The van der Waals surface area contributed by atoms with Gasteiger partial charge in [0, 0.05) is 30.9 Å². The quantitative estimate of drug-likeness (QED) is 0.251. The van der Waals surface area contributed by atoms with Crippen LogP contribution in [0.5, 0.6) is 5.88 Å². The van der Waals surface area contributed by atoms with Gasteiger partial charge in [-0.05, 0) is 54.0 Å². The summed E-state index contributed by atoms with van der Waals surface area (Å²) in [4.78, 5) is 29.5. The number of alkyl halides is 1. The lowest BCUT2D eigenvalue weighted by Gasteiger charge is -2.24. The number of aromatic nitrogens is 3. The van der Waals surface area contributed by atoms with Crippen LogP contribution in [0.1, 0.15) is 60.6 Å². The standard InChI is InChI=1S/C24H33FN6O2.C3H6/c1-9-24(7,25)16(5)28-21(10-14(2)3)30-19-12-20(29-17(6)32)26-13-18(19)23-27-15(4)11-22(31-23)33-8;1-3-2/h10-13,16H,9H2,1-8H3,(H2,26,28,29,30,32);3H,1H2,2H3. The number of allylic oxidation sites excluding steroid dienone is 2. The number of aryl methyl sites for hydroxylation is 1. The van der Waals surface area contributed by atoms with E-state index in [0.29, 0.717) is 41.0 Å². The molecule has 9 heteroatoms. The minimum Gasteiger partial charge on any atom is -0.481 e. The van der Waals surface area contributed by atoms with Crippen LogP contribution in [0.25, 0.3) is 11.4 Å². The second kappa shape index (κ2) is 14.1. The van der Waals surface area contributed by atoms with E-state index in [1.54, 1.807) is 45.2 Å². The summed E-state index contributed by atoms with van der Waals surface area (Å²) in [6.45, 7) is 17.4. The third-order valence-electron chi connectivity index (χ3n) is 5.07. The number of nitrogens with one attached hydrogen (secondary N) is 2. The van der Waals surface area contributed by atoms with Gasteiger partial charge in [-0.1, -0.05) is 18.6 Å². The van der Waals surface area contributed by atoms with E-state index in [1.807, 2.05) is 33.8 Å². The van der Waals surface area contributed by atoms with Crippen molar-refractivity contribution in [2.45, 2.75) is 73.5 Å². The van der Waals surface area contributed by atoms with Gasteiger partial charge in [-0.15, -0.1) is 6.58 Å². The van der Waals surface area contributed by atoms with E-state index >= 15 is 0 Å². The van der Waals surface area contributed by atoms with Crippen molar-refractivity contribution in [3.05, 3.63) is 48.3 Å².